The number of amides is 1. The number of unbranched alkanes of at least 4 members (excludes halogenated alkanes) is 13. The van der Waals surface area contributed by atoms with Crippen LogP contribution in [-0.4, -0.2) is 42.0 Å². The van der Waals surface area contributed by atoms with Gasteiger partial charge in [0.1, 0.15) is 6.54 Å². The third-order valence-electron chi connectivity index (χ3n) is 7.19. The summed E-state index contributed by atoms with van der Waals surface area (Å²) in [6.07, 6.45) is 26.4. The van der Waals surface area contributed by atoms with Crippen molar-refractivity contribution in [1.29, 1.82) is 0 Å². The van der Waals surface area contributed by atoms with Crippen LogP contribution in [0.4, 0.5) is 0 Å². The van der Waals surface area contributed by atoms with Crippen molar-refractivity contribution in [3.05, 3.63) is 12.2 Å². The first-order valence-electron chi connectivity index (χ1n) is 13.9. The number of rotatable bonds is 20. The molecule has 1 aliphatic heterocycles. The highest BCUT2D eigenvalue weighted by atomic mass is 16.1. The Balaban J connectivity index is 2.03. The average molecular weight is 449 g/mol. The number of allylic oxidation sites excluding steroid dienone is 2. The lowest BCUT2D eigenvalue weighted by Gasteiger charge is -2.39. The molecule has 0 aliphatic carbocycles. The summed E-state index contributed by atoms with van der Waals surface area (Å²) in [4.78, 5) is 16.3. The van der Waals surface area contributed by atoms with Gasteiger partial charge in [0.05, 0.1) is 13.1 Å². The molecule has 0 aromatic rings. The Bertz CT molecular complexity index is 543. The standard InChI is InChI=1S/C28H53N3O/c1-5-7-8-9-10-11-12-13-14-15-16-17-18-19-20-21-22-23-28-29-24-25-31(28,6-2)26(3)30-27(4)32/h19-20,26H,5-18,21-25H2,1-4H3/p+1/b20-19+. The van der Waals surface area contributed by atoms with E-state index in [2.05, 4.69) is 38.2 Å². The summed E-state index contributed by atoms with van der Waals surface area (Å²) in [6, 6.07) is 0. The first-order chi connectivity index (χ1) is 15.6. The van der Waals surface area contributed by atoms with E-state index in [1.807, 2.05) is 0 Å². The number of hydrogen-bond donors (Lipinski definition) is 1. The van der Waals surface area contributed by atoms with E-state index in [-0.39, 0.29) is 12.1 Å². The van der Waals surface area contributed by atoms with Crippen molar-refractivity contribution in [2.24, 2.45) is 4.99 Å². The van der Waals surface area contributed by atoms with Gasteiger partial charge in [0.15, 0.2) is 12.0 Å². The molecule has 0 aromatic carbocycles. The lowest BCUT2D eigenvalue weighted by Crippen LogP contribution is -2.62. The van der Waals surface area contributed by atoms with E-state index in [0.29, 0.717) is 0 Å². The summed E-state index contributed by atoms with van der Waals surface area (Å²) in [7, 11) is 0. The van der Waals surface area contributed by atoms with E-state index >= 15 is 0 Å². The molecule has 0 saturated carbocycles. The minimum Gasteiger partial charge on any atom is -0.307 e. The minimum absolute atomic E-state index is 0.0513. The molecule has 0 aromatic heterocycles. The van der Waals surface area contributed by atoms with Crippen molar-refractivity contribution in [3.8, 4) is 0 Å². The summed E-state index contributed by atoms with van der Waals surface area (Å²) in [5.41, 5.74) is 0. The van der Waals surface area contributed by atoms with Crippen LogP contribution >= 0.6 is 0 Å². The Kier molecular flexibility index (Phi) is 16.5. The van der Waals surface area contributed by atoms with Crippen LogP contribution in [0.25, 0.3) is 0 Å². The number of aliphatic imine (C=N–C) groups is 1. The van der Waals surface area contributed by atoms with E-state index in [4.69, 9.17) is 4.99 Å². The lowest BCUT2D eigenvalue weighted by molar-refractivity contribution is -0.861. The molecule has 1 amide bonds. The summed E-state index contributed by atoms with van der Waals surface area (Å²) in [5, 5.41) is 3.10. The second kappa shape index (κ2) is 18.3. The highest BCUT2D eigenvalue weighted by Crippen LogP contribution is 2.22. The SMILES string of the molecule is CCCCCCCCCCCCCC/C=C/CCCC1=NCC[N+]1(CC)C(C)NC(C)=O. The zero-order valence-corrected chi connectivity index (χ0v) is 22.0. The maximum Gasteiger partial charge on any atom is 0.221 e. The van der Waals surface area contributed by atoms with Gasteiger partial charge >= 0.3 is 0 Å². The predicted molar refractivity (Wildman–Crippen MR) is 140 cm³/mol. The highest BCUT2D eigenvalue weighted by Gasteiger charge is 2.41. The number of hydrogen-bond acceptors (Lipinski definition) is 2. The van der Waals surface area contributed by atoms with E-state index in [0.717, 1.165) is 43.4 Å². The van der Waals surface area contributed by atoms with Gasteiger partial charge in [-0.3, -0.25) is 9.28 Å². The number of quaternary nitrogens is 1. The molecule has 4 heteroatoms. The van der Waals surface area contributed by atoms with Gasteiger partial charge in [0, 0.05) is 20.3 Å². The topological polar surface area (TPSA) is 41.5 Å². The van der Waals surface area contributed by atoms with Gasteiger partial charge in [-0.15, -0.1) is 0 Å². The number of nitrogens with zero attached hydrogens (tertiary/aromatic N) is 2. The van der Waals surface area contributed by atoms with Gasteiger partial charge in [0.2, 0.25) is 5.91 Å². The molecular weight excluding hydrogens is 394 g/mol. The van der Waals surface area contributed by atoms with E-state index in [9.17, 15) is 4.79 Å². The third-order valence-corrected chi connectivity index (χ3v) is 7.19. The largest absolute Gasteiger partial charge is 0.307 e. The maximum absolute atomic E-state index is 11.5. The number of amidine groups is 1. The maximum atomic E-state index is 11.5. The molecule has 1 N–H and O–H groups in total. The average Bonchev–Trinajstić information content (AvgIpc) is 3.19. The van der Waals surface area contributed by atoms with Gasteiger partial charge in [-0.1, -0.05) is 89.7 Å². The van der Waals surface area contributed by atoms with Crippen molar-refractivity contribution >= 4 is 11.7 Å². The molecule has 1 rings (SSSR count). The normalized spacial score (nSPS) is 19.4. The van der Waals surface area contributed by atoms with Gasteiger partial charge in [-0.05, 0) is 32.6 Å². The van der Waals surface area contributed by atoms with Crippen LogP contribution in [-0.2, 0) is 4.79 Å². The van der Waals surface area contributed by atoms with Crippen molar-refractivity contribution in [2.75, 3.05) is 19.6 Å². The molecule has 0 radical (unpaired) electrons. The van der Waals surface area contributed by atoms with E-state index < -0.39 is 0 Å². The number of likely N-dealkylation sites (N-methyl/N-ethyl adjacent to an activating group) is 1. The highest BCUT2D eigenvalue weighted by molar-refractivity contribution is 5.78. The fourth-order valence-corrected chi connectivity index (χ4v) is 5.10. The molecule has 0 saturated heterocycles. The zero-order chi connectivity index (χ0) is 23.5. The fourth-order valence-electron chi connectivity index (χ4n) is 5.10. The Morgan fingerprint density at radius 1 is 0.906 bits per heavy atom. The van der Waals surface area contributed by atoms with Crippen LogP contribution in [0, 0.1) is 0 Å². The second-order valence-corrected chi connectivity index (χ2v) is 9.79. The molecule has 1 heterocycles. The summed E-state index contributed by atoms with van der Waals surface area (Å²) in [5.74, 6) is 1.33. The van der Waals surface area contributed by atoms with Crippen molar-refractivity contribution in [1.82, 2.24) is 5.32 Å². The summed E-state index contributed by atoms with van der Waals surface area (Å²) < 4.78 is 0.835. The predicted octanol–water partition coefficient (Wildman–Crippen LogP) is 7.54. The first-order valence-corrected chi connectivity index (χ1v) is 13.9. The van der Waals surface area contributed by atoms with Gasteiger partial charge in [0.25, 0.3) is 0 Å². The fraction of sp³-hybridized carbons (Fsp3) is 0.857. The first kappa shape index (κ1) is 28.9. The molecule has 2 atom stereocenters. The quantitative estimate of drug-likeness (QED) is 0.117. The second-order valence-electron chi connectivity index (χ2n) is 9.79. The molecular formula is C28H54N3O+. The van der Waals surface area contributed by atoms with Crippen LogP contribution in [0.2, 0.25) is 0 Å². The molecule has 0 fully saturated rings. The van der Waals surface area contributed by atoms with Crippen LogP contribution in [0.1, 0.15) is 130 Å². The van der Waals surface area contributed by atoms with Crippen molar-refractivity contribution in [2.45, 2.75) is 137 Å². The Morgan fingerprint density at radius 2 is 1.44 bits per heavy atom. The third kappa shape index (κ3) is 11.6. The molecule has 0 spiro atoms. The van der Waals surface area contributed by atoms with Crippen LogP contribution in [0.5, 0.6) is 0 Å². The lowest BCUT2D eigenvalue weighted by atomic mass is 10.0. The molecule has 2 unspecified atom stereocenters. The minimum atomic E-state index is 0.0513. The van der Waals surface area contributed by atoms with E-state index in [1.165, 1.54) is 89.3 Å². The monoisotopic (exact) mass is 448 g/mol. The van der Waals surface area contributed by atoms with Crippen LogP contribution in [0.15, 0.2) is 17.1 Å². The Labute approximate surface area is 199 Å². The van der Waals surface area contributed by atoms with Gasteiger partial charge in [-0.2, -0.15) is 0 Å². The molecule has 186 valence electrons. The van der Waals surface area contributed by atoms with Crippen LogP contribution < -0.4 is 5.32 Å². The smallest absolute Gasteiger partial charge is 0.221 e. The number of carbonyl (C=O) groups is 1. The summed E-state index contributed by atoms with van der Waals surface area (Å²) in [6.45, 7) is 11.1. The van der Waals surface area contributed by atoms with Gasteiger partial charge < -0.3 is 5.32 Å². The molecule has 4 nitrogen and oxygen atoms in total. The Hall–Kier alpha value is -1.16. The van der Waals surface area contributed by atoms with E-state index in [1.54, 1.807) is 6.92 Å². The zero-order valence-electron chi connectivity index (χ0n) is 22.0. The molecule has 1 aliphatic rings. The van der Waals surface area contributed by atoms with Gasteiger partial charge in [-0.25, -0.2) is 4.99 Å². The number of carbonyl (C=O) groups excluding carboxylic acids is 1. The van der Waals surface area contributed by atoms with Crippen LogP contribution in [0.3, 0.4) is 0 Å². The molecule has 0 bridgehead atoms. The Morgan fingerprint density at radius 3 is 1.97 bits per heavy atom. The van der Waals surface area contributed by atoms with Crippen molar-refractivity contribution in [3.63, 3.8) is 0 Å². The summed E-state index contributed by atoms with van der Waals surface area (Å²) >= 11 is 0. The number of nitrogens with one attached hydrogen (secondary N) is 1. The molecule has 32 heavy (non-hydrogen) atoms. The van der Waals surface area contributed by atoms with Crippen molar-refractivity contribution < 1.29 is 9.28 Å².